The Bertz CT molecular complexity index is 1650. The molecule has 0 bridgehead atoms. The van der Waals surface area contributed by atoms with Crippen LogP contribution in [0.2, 0.25) is 5.02 Å². The summed E-state index contributed by atoms with van der Waals surface area (Å²) in [6, 6.07) is 3.67. The van der Waals surface area contributed by atoms with Crippen LogP contribution in [0.15, 0.2) is 29.5 Å². The van der Waals surface area contributed by atoms with Gasteiger partial charge in [-0.2, -0.15) is 0 Å². The van der Waals surface area contributed by atoms with Crippen molar-refractivity contribution in [3.05, 3.63) is 40.2 Å². The van der Waals surface area contributed by atoms with Crippen LogP contribution in [0.5, 0.6) is 0 Å². The number of pyridine rings is 1. The van der Waals surface area contributed by atoms with Crippen molar-refractivity contribution >= 4 is 29.3 Å². The van der Waals surface area contributed by atoms with Gasteiger partial charge in [-0.25, -0.2) is 0 Å². The lowest BCUT2D eigenvalue weighted by Gasteiger charge is -2.72. The average molecular weight is 753 g/mol. The van der Waals surface area contributed by atoms with Gasteiger partial charge in [-0.1, -0.05) is 65.6 Å². The SMILES string of the molecule is CC(C)C1=C2[C@H]3CC[C@@H]4[C@@]5(C)CC[C@H](OC(=O)CC(C)(C)C(=O)O)C(C)(C)[C@@H]5CC[C@@]4(C)[C@]3(C)CC[C@@]2([C@H](O)CN[C@@H](C)c2ccc(Cl)cn2)CC1=O. The van der Waals surface area contributed by atoms with E-state index in [0.717, 1.165) is 62.6 Å². The number of carbonyl (C=O) groups is 3. The molecule has 3 N–H and O–H groups in total. The number of nitrogens with zero attached hydrogens (tertiary/aromatic N) is 1. The van der Waals surface area contributed by atoms with Gasteiger partial charge in [0.25, 0.3) is 0 Å². The number of carbonyl (C=O) groups excluding carboxylic acids is 2. The second-order valence-corrected chi connectivity index (χ2v) is 20.5. The van der Waals surface area contributed by atoms with Crippen molar-refractivity contribution in [3.8, 4) is 0 Å². The third kappa shape index (κ3) is 6.33. The standard InChI is InChI=1S/C44H65ClN2O6/c1-25(2)36-30(48)21-44(33(49)24-46-26(3)29-13-11-27(45)23-47-29)20-19-42(9)28(37(36)44)12-14-32-41(8)17-16-34(53-35(50)22-39(4,5)38(51)52)40(6,7)31(41)15-18-43(32,42)10/h11,13,23,25-26,28,31-34,46,49H,12,14-22,24H2,1-10H3,(H,51,52)/t26-,28+,31-,32+,33+,34-,41-,42+,43+,44-/m0/s1. The van der Waals surface area contributed by atoms with Gasteiger partial charge in [0.2, 0.25) is 0 Å². The van der Waals surface area contributed by atoms with Crippen LogP contribution in [0, 0.1) is 56.2 Å². The van der Waals surface area contributed by atoms with Crippen molar-refractivity contribution in [1.29, 1.82) is 0 Å². The molecule has 0 saturated heterocycles. The number of rotatable bonds is 10. The minimum Gasteiger partial charge on any atom is -0.481 e. The second-order valence-electron chi connectivity index (χ2n) is 20.1. The first kappa shape index (κ1) is 40.4. The van der Waals surface area contributed by atoms with Crippen LogP contribution in [0.25, 0.3) is 0 Å². The number of esters is 1. The van der Waals surface area contributed by atoms with E-state index in [1.807, 2.05) is 19.1 Å². The van der Waals surface area contributed by atoms with E-state index in [0.29, 0.717) is 29.8 Å². The summed E-state index contributed by atoms with van der Waals surface area (Å²) in [6.45, 7) is 22.0. The van der Waals surface area contributed by atoms with Crippen molar-refractivity contribution in [1.82, 2.24) is 10.3 Å². The van der Waals surface area contributed by atoms with Gasteiger partial charge in [0.05, 0.1) is 28.7 Å². The molecule has 294 valence electrons. The molecule has 1 aromatic rings. The van der Waals surface area contributed by atoms with Gasteiger partial charge < -0.3 is 20.3 Å². The number of aliphatic hydroxyl groups is 1. The Balaban J connectivity index is 1.26. The van der Waals surface area contributed by atoms with Crippen molar-refractivity contribution in [3.63, 3.8) is 0 Å². The number of allylic oxidation sites excluding steroid dienone is 1. The minimum atomic E-state index is -1.17. The molecular weight excluding hydrogens is 688 g/mol. The zero-order chi connectivity index (χ0) is 39.1. The van der Waals surface area contributed by atoms with Crippen molar-refractivity contribution in [2.45, 2.75) is 152 Å². The minimum absolute atomic E-state index is 0.0307. The summed E-state index contributed by atoms with van der Waals surface area (Å²) in [7, 11) is 0. The predicted octanol–water partition coefficient (Wildman–Crippen LogP) is 9.14. The number of ether oxygens (including phenoxy) is 1. The quantitative estimate of drug-likeness (QED) is 0.202. The maximum absolute atomic E-state index is 14.1. The molecule has 0 radical (unpaired) electrons. The van der Waals surface area contributed by atoms with Crippen molar-refractivity contribution in [2.24, 2.45) is 56.2 Å². The first-order valence-electron chi connectivity index (χ1n) is 20.3. The predicted molar refractivity (Wildman–Crippen MR) is 207 cm³/mol. The highest BCUT2D eigenvalue weighted by Crippen LogP contribution is 2.77. The summed E-state index contributed by atoms with van der Waals surface area (Å²) in [5, 5.41) is 26.0. The van der Waals surface area contributed by atoms with E-state index in [2.05, 4.69) is 58.8 Å². The summed E-state index contributed by atoms with van der Waals surface area (Å²) in [5.41, 5.74) is 1.18. The number of hydrogen-bond donors (Lipinski definition) is 3. The molecule has 10 atom stereocenters. The molecule has 5 aliphatic carbocycles. The fourth-order valence-electron chi connectivity index (χ4n) is 13.1. The third-order valence-electron chi connectivity index (χ3n) is 16.3. The summed E-state index contributed by atoms with van der Waals surface area (Å²) < 4.78 is 6.17. The molecule has 9 heteroatoms. The molecule has 0 aliphatic heterocycles. The van der Waals surface area contributed by atoms with Gasteiger partial charge in [0.1, 0.15) is 6.10 Å². The van der Waals surface area contributed by atoms with Crippen LogP contribution in [-0.2, 0) is 19.1 Å². The molecule has 5 aliphatic rings. The largest absolute Gasteiger partial charge is 0.481 e. The number of aromatic nitrogens is 1. The smallest absolute Gasteiger partial charge is 0.309 e. The number of hydrogen-bond acceptors (Lipinski definition) is 7. The molecule has 0 unspecified atom stereocenters. The Labute approximate surface area is 322 Å². The third-order valence-corrected chi connectivity index (χ3v) is 16.5. The van der Waals surface area contributed by atoms with Crippen LogP contribution in [-0.4, -0.2) is 51.7 Å². The summed E-state index contributed by atoms with van der Waals surface area (Å²) >= 11 is 6.09. The van der Waals surface area contributed by atoms with E-state index in [1.54, 1.807) is 20.0 Å². The zero-order valence-corrected chi connectivity index (χ0v) is 34.7. The number of Topliss-reactive ketones (excluding diaryl/α,β-unsaturated/α-hetero) is 1. The average Bonchev–Trinajstić information content (AvgIpc) is 3.38. The molecule has 8 nitrogen and oxygen atoms in total. The van der Waals surface area contributed by atoms with Gasteiger partial charge in [-0.15, -0.1) is 0 Å². The molecule has 0 amide bonds. The van der Waals surface area contributed by atoms with E-state index in [1.165, 1.54) is 5.57 Å². The summed E-state index contributed by atoms with van der Waals surface area (Å²) in [6.07, 6.45) is 8.65. The van der Waals surface area contributed by atoms with E-state index in [-0.39, 0.29) is 57.8 Å². The Kier molecular flexibility index (Phi) is 10.5. The fraction of sp³-hybridized carbons (Fsp3) is 0.773. The molecule has 6 rings (SSSR count). The van der Waals surface area contributed by atoms with Crippen molar-refractivity contribution in [2.75, 3.05) is 6.54 Å². The molecule has 1 aromatic heterocycles. The molecule has 0 aromatic carbocycles. The Morgan fingerprint density at radius 3 is 2.30 bits per heavy atom. The Morgan fingerprint density at radius 1 is 0.981 bits per heavy atom. The molecular formula is C44H65ClN2O6. The number of nitrogens with one attached hydrogen (secondary N) is 1. The first-order chi connectivity index (χ1) is 24.5. The topological polar surface area (TPSA) is 126 Å². The van der Waals surface area contributed by atoms with Crippen LogP contribution in [0.4, 0.5) is 0 Å². The normalized spacial score (nSPS) is 37.6. The molecule has 0 spiro atoms. The number of fused-ring (bicyclic) bond motifs is 7. The lowest BCUT2D eigenvalue weighted by Crippen LogP contribution is -2.66. The summed E-state index contributed by atoms with van der Waals surface area (Å²) in [4.78, 5) is 43.4. The fourth-order valence-corrected chi connectivity index (χ4v) is 13.3. The number of aliphatic hydroxyl groups excluding tert-OH is 1. The van der Waals surface area contributed by atoms with Gasteiger partial charge in [-0.05, 0) is 130 Å². The maximum Gasteiger partial charge on any atom is 0.309 e. The highest BCUT2D eigenvalue weighted by molar-refractivity contribution is 6.30. The van der Waals surface area contributed by atoms with Crippen LogP contribution in [0.3, 0.4) is 0 Å². The van der Waals surface area contributed by atoms with E-state index >= 15 is 0 Å². The number of carboxylic acid groups (broad SMARTS) is 1. The Hall–Kier alpha value is -2.29. The lowest BCUT2D eigenvalue weighted by atomic mass is 9.33. The highest BCUT2D eigenvalue weighted by atomic mass is 35.5. The van der Waals surface area contributed by atoms with Crippen LogP contribution < -0.4 is 5.32 Å². The highest BCUT2D eigenvalue weighted by Gasteiger charge is 2.70. The van der Waals surface area contributed by atoms with Gasteiger partial charge in [0, 0.05) is 36.0 Å². The number of halogens is 1. The van der Waals surface area contributed by atoms with E-state index in [9.17, 15) is 24.6 Å². The first-order valence-corrected chi connectivity index (χ1v) is 20.7. The van der Waals surface area contributed by atoms with Gasteiger partial charge in [0.15, 0.2) is 5.78 Å². The maximum atomic E-state index is 14.1. The van der Waals surface area contributed by atoms with E-state index in [4.69, 9.17) is 16.3 Å². The lowest BCUT2D eigenvalue weighted by molar-refractivity contribution is -0.235. The number of carboxylic acids is 1. The summed E-state index contributed by atoms with van der Waals surface area (Å²) in [5.74, 6) is -0.0389. The molecule has 4 saturated carbocycles. The number of aliphatic carboxylic acids is 1. The van der Waals surface area contributed by atoms with E-state index < -0.39 is 28.9 Å². The Morgan fingerprint density at radius 2 is 1.68 bits per heavy atom. The molecule has 1 heterocycles. The monoisotopic (exact) mass is 752 g/mol. The molecule has 4 fully saturated rings. The number of ketones is 1. The van der Waals surface area contributed by atoms with Crippen LogP contribution >= 0.6 is 11.6 Å². The van der Waals surface area contributed by atoms with Crippen molar-refractivity contribution < 1.29 is 29.3 Å². The zero-order valence-electron chi connectivity index (χ0n) is 33.9. The van der Waals surface area contributed by atoms with Gasteiger partial charge >= 0.3 is 11.9 Å². The second kappa shape index (κ2) is 13.7. The molecule has 53 heavy (non-hydrogen) atoms. The van der Waals surface area contributed by atoms with Crippen LogP contribution in [0.1, 0.15) is 145 Å². The van der Waals surface area contributed by atoms with Gasteiger partial charge in [-0.3, -0.25) is 19.4 Å².